The van der Waals surface area contributed by atoms with Crippen LogP contribution in [0.1, 0.15) is 62.0 Å². The summed E-state index contributed by atoms with van der Waals surface area (Å²) in [7, 11) is 0. The fourth-order valence-corrected chi connectivity index (χ4v) is 2.90. The molecule has 0 bridgehead atoms. The fraction of sp³-hybridized carbons (Fsp3) is 0.688. The summed E-state index contributed by atoms with van der Waals surface area (Å²) in [6.07, 6.45) is 8.09. The third-order valence-corrected chi connectivity index (χ3v) is 4.19. The fourth-order valence-electron chi connectivity index (χ4n) is 2.90. The molecule has 1 heterocycles. The molecule has 1 N–H and O–H groups in total. The Balaban J connectivity index is 2.00. The average molecular weight is 291 g/mol. The Bertz CT molecular complexity index is 484. The first kappa shape index (κ1) is 15.7. The van der Waals surface area contributed by atoms with Gasteiger partial charge in [-0.1, -0.05) is 19.3 Å². The molecule has 5 heteroatoms. The number of aryl methyl sites for hydroxylation is 1. The van der Waals surface area contributed by atoms with Gasteiger partial charge in [-0.15, -0.1) is 0 Å². The van der Waals surface area contributed by atoms with E-state index in [1.807, 2.05) is 6.92 Å². The van der Waals surface area contributed by atoms with Crippen LogP contribution < -0.4 is 5.32 Å². The summed E-state index contributed by atoms with van der Waals surface area (Å²) in [6.45, 7) is 6.14. The molecule has 1 atom stereocenters. The predicted molar refractivity (Wildman–Crippen MR) is 82.4 cm³/mol. The maximum Gasteiger partial charge on any atom is 0.341 e. The lowest BCUT2D eigenvalue weighted by Gasteiger charge is -2.28. The largest absolute Gasteiger partial charge is 0.462 e. The molecule has 1 aliphatic carbocycles. The molecule has 0 aromatic carbocycles. The number of hydrogen-bond acceptors (Lipinski definition) is 5. The van der Waals surface area contributed by atoms with Gasteiger partial charge >= 0.3 is 5.97 Å². The molecule has 0 amide bonds. The lowest BCUT2D eigenvalue weighted by atomic mass is 9.85. The number of nitrogens with one attached hydrogen (secondary N) is 1. The first-order valence-corrected chi connectivity index (χ1v) is 7.89. The number of esters is 1. The molecule has 1 fully saturated rings. The van der Waals surface area contributed by atoms with Crippen LogP contribution in [0.4, 0.5) is 5.95 Å². The Kier molecular flexibility index (Phi) is 5.53. The van der Waals surface area contributed by atoms with Crippen molar-refractivity contribution in [3.05, 3.63) is 17.5 Å². The van der Waals surface area contributed by atoms with Crippen molar-refractivity contribution in [2.75, 3.05) is 11.9 Å². The molecular weight excluding hydrogens is 266 g/mol. The molecule has 0 radical (unpaired) electrons. The summed E-state index contributed by atoms with van der Waals surface area (Å²) in [4.78, 5) is 20.4. The van der Waals surface area contributed by atoms with E-state index in [-0.39, 0.29) is 5.97 Å². The van der Waals surface area contributed by atoms with Gasteiger partial charge in [0.25, 0.3) is 0 Å². The van der Waals surface area contributed by atoms with Gasteiger partial charge in [-0.3, -0.25) is 0 Å². The number of ether oxygens (including phenoxy) is 1. The number of carbonyl (C=O) groups excluding carboxylic acids is 1. The van der Waals surface area contributed by atoms with E-state index in [0.29, 0.717) is 35.8 Å². The monoisotopic (exact) mass is 291 g/mol. The van der Waals surface area contributed by atoms with Crippen LogP contribution in [0.25, 0.3) is 0 Å². The van der Waals surface area contributed by atoms with Gasteiger partial charge in [-0.2, -0.15) is 0 Å². The van der Waals surface area contributed by atoms with Gasteiger partial charge in [0, 0.05) is 12.2 Å². The van der Waals surface area contributed by atoms with Crippen molar-refractivity contribution in [2.24, 2.45) is 5.92 Å². The quantitative estimate of drug-likeness (QED) is 0.843. The molecule has 1 aromatic rings. The Morgan fingerprint density at radius 1 is 1.43 bits per heavy atom. The number of aromatic nitrogens is 2. The standard InChI is InChI=1S/C16H25N3O2/c1-4-21-15(20)14-10-17-16(19-12(14)3)18-11(2)13-8-6-5-7-9-13/h10-11,13H,4-9H2,1-3H3,(H,17,18,19). The molecule has 116 valence electrons. The zero-order valence-corrected chi connectivity index (χ0v) is 13.2. The van der Waals surface area contributed by atoms with Gasteiger partial charge in [0.05, 0.1) is 17.9 Å². The van der Waals surface area contributed by atoms with Gasteiger partial charge < -0.3 is 10.1 Å². The summed E-state index contributed by atoms with van der Waals surface area (Å²) < 4.78 is 4.99. The first-order valence-electron chi connectivity index (χ1n) is 7.89. The zero-order chi connectivity index (χ0) is 15.2. The Labute approximate surface area is 126 Å². The van der Waals surface area contributed by atoms with Gasteiger partial charge in [-0.25, -0.2) is 14.8 Å². The highest BCUT2D eigenvalue weighted by molar-refractivity contribution is 5.90. The van der Waals surface area contributed by atoms with Crippen LogP contribution in [-0.4, -0.2) is 28.6 Å². The predicted octanol–water partition coefficient (Wildman–Crippen LogP) is 3.34. The van der Waals surface area contributed by atoms with E-state index in [2.05, 4.69) is 22.2 Å². The van der Waals surface area contributed by atoms with Gasteiger partial charge in [0.2, 0.25) is 5.95 Å². The highest BCUT2D eigenvalue weighted by atomic mass is 16.5. The van der Waals surface area contributed by atoms with Crippen LogP contribution in [0.15, 0.2) is 6.20 Å². The molecular formula is C16H25N3O2. The van der Waals surface area contributed by atoms with Crippen LogP contribution in [0.2, 0.25) is 0 Å². The van der Waals surface area contributed by atoms with Crippen molar-refractivity contribution < 1.29 is 9.53 Å². The van der Waals surface area contributed by atoms with Crippen LogP contribution in [0.5, 0.6) is 0 Å². The Hall–Kier alpha value is -1.65. The number of rotatable bonds is 5. The summed E-state index contributed by atoms with van der Waals surface area (Å²) in [5.41, 5.74) is 1.09. The van der Waals surface area contributed by atoms with Gasteiger partial charge in [-0.05, 0) is 39.5 Å². The highest BCUT2D eigenvalue weighted by Crippen LogP contribution is 2.27. The molecule has 0 saturated heterocycles. The van der Waals surface area contributed by atoms with Crippen molar-refractivity contribution in [3.63, 3.8) is 0 Å². The third kappa shape index (κ3) is 4.16. The number of carbonyl (C=O) groups is 1. The minimum absolute atomic E-state index is 0.358. The Morgan fingerprint density at radius 2 is 2.14 bits per heavy atom. The molecule has 1 aliphatic rings. The van der Waals surface area contributed by atoms with E-state index in [9.17, 15) is 4.79 Å². The van der Waals surface area contributed by atoms with E-state index < -0.39 is 0 Å². The normalized spacial score (nSPS) is 17.3. The summed E-state index contributed by atoms with van der Waals surface area (Å²) in [5.74, 6) is 0.924. The van der Waals surface area contributed by atoms with Crippen LogP contribution >= 0.6 is 0 Å². The maximum absolute atomic E-state index is 11.7. The van der Waals surface area contributed by atoms with Gasteiger partial charge in [0.15, 0.2) is 0 Å². The van der Waals surface area contributed by atoms with Crippen molar-refractivity contribution in [1.82, 2.24) is 9.97 Å². The van der Waals surface area contributed by atoms with E-state index in [1.165, 1.54) is 32.1 Å². The molecule has 21 heavy (non-hydrogen) atoms. The van der Waals surface area contributed by atoms with Crippen molar-refractivity contribution in [3.8, 4) is 0 Å². The number of hydrogen-bond donors (Lipinski definition) is 1. The highest BCUT2D eigenvalue weighted by Gasteiger charge is 2.21. The van der Waals surface area contributed by atoms with E-state index in [4.69, 9.17) is 4.74 Å². The van der Waals surface area contributed by atoms with Crippen molar-refractivity contribution in [2.45, 2.75) is 58.9 Å². The van der Waals surface area contributed by atoms with Crippen molar-refractivity contribution in [1.29, 1.82) is 0 Å². The van der Waals surface area contributed by atoms with Gasteiger partial charge in [0.1, 0.15) is 0 Å². The lowest BCUT2D eigenvalue weighted by Crippen LogP contribution is -2.28. The smallest absolute Gasteiger partial charge is 0.341 e. The van der Waals surface area contributed by atoms with Crippen molar-refractivity contribution >= 4 is 11.9 Å². The second-order valence-corrected chi connectivity index (χ2v) is 5.74. The topological polar surface area (TPSA) is 64.1 Å². The van der Waals surface area contributed by atoms with E-state index in [0.717, 1.165) is 0 Å². The number of anilines is 1. The lowest BCUT2D eigenvalue weighted by molar-refractivity contribution is 0.0524. The second kappa shape index (κ2) is 7.38. The Morgan fingerprint density at radius 3 is 2.76 bits per heavy atom. The van der Waals surface area contributed by atoms with Crippen LogP contribution in [0, 0.1) is 12.8 Å². The molecule has 2 rings (SSSR count). The molecule has 1 aromatic heterocycles. The zero-order valence-electron chi connectivity index (χ0n) is 13.2. The molecule has 0 aliphatic heterocycles. The maximum atomic E-state index is 11.7. The average Bonchev–Trinajstić information content (AvgIpc) is 2.48. The second-order valence-electron chi connectivity index (χ2n) is 5.74. The van der Waals surface area contributed by atoms with Crippen LogP contribution in [0.3, 0.4) is 0 Å². The minimum atomic E-state index is -0.359. The summed E-state index contributed by atoms with van der Waals surface area (Å²) in [5, 5.41) is 3.38. The van der Waals surface area contributed by atoms with E-state index >= 15 is 0 Å². The van der Waals surface area contributed by atoms with E-state index in [1.54, 1.807) is 13.1 Å². The SMILES string of the molecule is CCOC(=O)c1cnc(NC(C)C2CCCCC2)nc1C. The van der Waals surface area contributed by atoms with Crippen LogP contribution in [-0.2, 0) is 4.74 Å². The number of nitrogens with zero attached hydrogens (tertiary/aromatic N) is 2. The minimum Gasteiger partial charge on any atom is -0.462 e. The summed E-state index contributed by atoms with van der Waals surface area (Å²) in [6, 6.07) is 0.359. The first-order chi connectivity index (χ1) is 10.1. The molecule has 1 saturated carbocycles. The third-order valence-electron chi connectivity index (χ3n) is 4.19. The summed E-state index contributed by atoms with van der Waals surface area (Å²) >= 11 is 0. The molecule has 1 unspecified atom stereocenters. The molecule has 5 nitrogen and oxygen atoms in total. The molecule has 0 spiro atoms.